The van der Waals surface area contributed by atoms with Gasteiger partial charge in [-0.1, -0.05) is 15.9 Å². The first kappa shape index (κ1) is 13.4. The van der Waals surface area contributed by atoms with Crippen molar-refractivity contribution in [2.45, 2.75) is 37.9 Å². The van der Waals surface area contributed by atoms with Crippen LogP contribution in [-0.4, -0.2) is 25.9 Å². The lowest BCUT2D eigenvalue weighted by molar-refractivity contribution is 0.0634. The molecule has 2 bridgehead atoms. The smallest absolute Gasteiger partial charge is 0.122 e. The van der Waals surface area contributed by atoms with Gasteiger partial charge in [0.25, 0.3) is 0 Å². The molecule has 1 aromatic carbocycles. The van der Waals surface area contributed by atoms with E-state index in [1.54, 1.807) is 7.11 Å². The van der Waals surface area contributed by atoms with Crippen LogP contribution in [0.15, 0.2) is 22.7 Å². The molecule has 0 spiro atoms. The van der Waals surface area contributed by atoms with E-state index < -0.39 is 0 Å². The van der Waals surface area contributed by atoms with Gasteiger partial charge >= 0.3 is 0 Å². The van der Waals surface area contributed by atoms with Crippen molar-refractivity contribution in [1.29, 1.82) is 0 Å². The minimum absolute atomic E-state index is 0.0942. The monoisotopic (exact) mass is 325 g/mol. The van der Waals surface area contributed by atoms with Crippen molar-refractivity contribution in [1.82, 2.24) is 0 Å². The summed E-state index contributed by atoms with van der Waals surface area (Å²) in [5.41, 5.74) is 7.42. The number of fused-ring (bicyclic) bond motifs is 2. The summed E-state index contributed by atoms with van der Waals surface area (Å²) in [7, 11) is 1.72. The highest BCUT2D eigenvalue weighted by Crippen LogP contribution is 2.49. The maximum Gasteiger partial charge on any atom is 0.122 e. The van der Waals surface area contributed by atoms with Crippen LogP contribution in [0.3, 0.4) is 0 Å². The second-order valence-corrected chi connectivity index (χ2v) is 6.64. The Bertz CT molecular complexity index is 479. The fourth-order valence-electron chi connectivity index (χ4n) is 3.63. The van der Waals surface area contributed by atoms with Gasteiger partial charge in [-0.15, -0.1) is 0 Å². The number of nitrogens with two attached hydrogens (primary N) is 1. The third-order valence-electron chi connectivity index (χ3n) is 4.62. The Labute approximate surface area is 122 Å². The molecule has 3 atom stereocenters. The Kier molecular flexibility index (Phi) is 3.58. The van der Waals surface area contributed by atoms with Gasteiger partial charge in [0.15, 0.2) is 0 Å². The van der Waals surface area contributed by atoms with E-state index in [0.29, 0.717) is 18.8 Å². The van der Waals surface area contributed by atoms with Crippen molar-refractivity contribution >= 4 is 15.9 Å². The van der Waals surface area contributed by atoms with Gasteiger partial charge < -0.3 is 15.2 Å². The summed E-state index contributed by atoms with van der Waals surface area (Å²) in [6, 6.07) is 6.16. The molecule has 2 N–H and O–H groups in total. The first-order chi connectivity index (χ1) is 9.16. The number of hydrogen-bond donors (Lipinski definition) is 1. The molecular formula is C15H20BrNO2. The highest BCUT2D eigenvalue weighted by Gasteiger charge is 2.51. The number of halogens is 1. The van der Waals surface area contributed by atoms with E-state index in [1.165, 1.54) is 12.0 Å². The van der Waals surface area contributed by atoms with Crippen molar-refractivity contribution < 1.29 is 9.47 Å². The summed E-state index contributed by atoms with van der Waals surface area (Å²) in [6.07, 6.45) is 5.12. The van der Waals surface area contributed by atoms with Crippen molar-refractivity contribution in [2.75, 3.05) is 13.7 Å². The molecule has 0 aliphatic carbocycles. The molecule has 2 aliphatic heterocycles. The maximum absolute atomic E-state index is 6.10. The van der Waals surface area contributed by atoms with Crippen LogP contribution in [0.4, 0.5) is 0 Å². The van der Waals surface area contributed by atoms with E-state index in [4.69, 9.17) is 15.2 Å². The lowest BCUT2D eigenvalue weighted by Gasteiger charge is -2.34. The van der Waals surface area contributed by atoms with Crippen LogP contribution in [0, 0.1) is 5.41 Å². The molecule has 3 unspecified atom stereocenters. The predicted molar refractivity (Wildman–Crippen MR) is 78.4 cm³/mol. The minimum atomic E-state index is 0.0942. The van der Waals surface area contributed by atoms with Gasteiger partial charge in [0.1, 0.15) is 5.75 Å². The highest BCUT2D eigenvalue weighted by atomic mass is 79.9. The van der Waals surface area contributed by atoms with Crippen molar-refractivity contribution in [2.24, 2.45) is 11.1 Å². The molecule has 3 rings (SSSR count). The average Bonchev–Trinajstić information content (AvgIpc) is 3.00. The molecule has 1 aromatic rings. The van der Waals surface area contributed by atoms with Gasteiger partial charge in [0, 0.05) is 16.4 Å². The average molecular weight is 326 g/mol. The normalized spacial score (nSPS) is 32.8. The Morgan fingerprint density at radius 2 is 2.32 bits per heavy atom. The van der Waals surface area contributed by atoms with Gasteiger partial charge in [0.05, 0.1) is 19.3 Å². The number of hydrogen-bond acceptors (Lipinski definition) is 3. The molecule has 0 aromatic heterocycles. The first-order valence-corrected chi connectivity index (χ1v) is 7.64. The SMILES string of the molecule is COc1ccc(Br)cc1CC1(CN)CC2CCC1O2. The second kappa shape index (κ2) is 5.08. The van der Waals surface area contributed by atoms with Crippen molar-refractivity contribution in [3.05, 3.63) is 28.2 Å². The van der Waals surface area contributed by atoms with Crippen LogP contribution in [0.1, 0.15) is 24.8 Å². The summed E-state index contributed by atoms with van der Waals surface area (Å²) in [4.78, 5) is 0. The molecule has 3 nitrogen and oxygen atoms in total. The molecule has 2 saturated heterocycles. The summed E-state index contributed by atoms with van der Waals surface area (Å²) in [5, 5.41) is 0. The second-order valence-electron chi connectivity index (χ2n) is 5.73. The maximum atomic E-state index is 6.10. The Hall–Kier alpha value is -0.580. The Morgan fingerprint density at radius 3 is 2.89 bits per heavy atom. The first-order valence-electron chi connectivity index (χ1n) is 6.85. The van der Waals surface area contributed by atoms with Crippen LogP contribution in [0.25, 0.3) is 0 Å². The van der Waals surface area contributed by atoms with E-state index in [0.717, 1.165) is 29.5 Å². The van der Waals surface area contributed by atoms with E-state index in [-0.39, 0.29) is 5.41 Å². The molecule has 19 heavy (non-hydrogen) atoms. The molecule has 0 saturated carbocycles. The van der Waals surface area contributed by atoms with Gasteiger partial charge in [-0.2, -0.15) is 0 Å². The third kappa shape index (κ3) is 2.30. The zero-order valence-corrected chi connectivity index (χ0v) is 12.8. The molecule has 104 valence electrons. The topological polar surface area (TPSA) is 44.5 Å². The largest absolute Gasteiger partial charge is 0.496 e. The number of benzene rings is 1. The molecule has 2 aliphatic rings. The van der Waals surface area contributed by atoms with Gasteiger partial charge in [-0.25, -0.2) is 0 Å². The van der Waals surface area contributed by atoms with Crippen LogP contribution in [-0.2, 0) is 11.2 Å². The standard InChI is InChI=1S/C15H20BrNO2/c1-18-13-4-2-11(16)6-10(13)7-15(9-17)8-12-3-5-14(15)19-12/h2,4,6,12,14H,3,5,7-9,17H2,1H3. The lowest BCUT2D eigenvalue weighted by atomic mass is 9.70. The number of ether oxygens (including phenoxy) is 2. The van der Waals surface area contributed by atoms with Crippen molar-refractivity contribution in [3.8, 4) is 5.75 Å². The lowest BCUT2D eigenvalue weighted by Crippen LogP contribution is -2.41. The predicted octanol–water partition coefficient (Wildman–Crippen LogP) is 2.90. The van der Waals surface area contributed by atoms with E-state index in [9.17, 15) is 0 Å². The zero-order valence-electron chi connectivity index (χ0n) is 11.2. The molecule has 2 heterocycles. The summed E-state index contributed by atoms with van der Waals surface area (Å²) >= 11 is 3.54. The summed E-state index contributed by atoms with van der Waals surface area (Å²) in [5.74, 6) is 0.943. The van der Waals surface area contributed by atoms with Gasteiger partial charge in [-0.3, -0.25) is 0 Å². The molecule has 0 radical (unpaired) electrons. The van der Waals surface area contributed by atoms with Crippen LogP contribution in [0.2, 0.25) is 0 Å². The minimum Gasteiger partial charge on any atom is -0.496 e. The van der Waals surface area contributed by atoms with Crippen LogP contribution < -0.4 is 10.5 Å². The molecule has 2 fully saturated rings. The molecular weight excluding hydrogens is 306 g/mol. The molecule has 4 heteroatoms. The van der Waals surface area contributed by atoms with Crippen LogP contribution >= 0.6 is 15.9 Å². The van der Waals surface area contributed by atoms with Crippen molar-refractivity contribution in [3.63, 3.8) is 0 Å². The van der Waals surface area contributed by atoms with E-state index >= 15 is 0 Å². The highest BCUT2D eigenvalue weighted by molar-refractivity contribution is 9.10. The van der Waals surface area contributed by atoms with Crippen LogP contribution in [0.5, 0.6) is 5.75 Å². The fourth-order valence-corrected chi connectivity index (χ4v) is 4.04. The summed E-state index contributed by atoms with van der Waals surface area (Å²) in [6.45, 7) is 0.684. The van der Waals surface area contributed by atoms with Gasteiger partial charge in [-0.05, 0) is 49.4 Å². The number of rotatable bonds is 4. The zero-order chi connectivity index (χ0) is 13.5. The quantitative estimate of drug-likeness (QED) is 0.925. The van der Waals surface area contributed by atoms with E-state index in [2.05, 4.69) is 22.0 Å². The Balaban J connectivity index is 1.89. The van der Waals surface area contributed by atoms with E-state index in [1.807, 2.05) is 12.1 Å². The third-order valence-corrected chi connectivity index (χ3v) is 5.11. The molecule has 0 amide bonds. The summed E-state index contributed by atoms with van der Waals surface area (Å²) < 4.78 is 12.6. The van der Waals surface area contributed by atoms with Gasteiger partial charge in [0.2, 0.25) is 0 Å². The number of methoxy groups -OCH3 is 1. The Morgan fingerprint density at radius 1 is 1.47 bits per heavy atom. The fraction of sp³-hybridized carbons (Fsp3) is 0.600.